The molecule has 0 atom stereocenters. The predicted octanol–water partition coefficient (Wildman–Crippen LogP) is 3.49. The third kappa shape index (κ3) is 5.41. The molecule has 3 N–H and O–H groups in total. The number of hydrogen-bond donors (Lipinski definition) is 3. The molecule has 0 amide bonds. The summed E-state index contributed by atoms with van der Waals surface area (Å²) in [6.45, 7) is 4.44. The number of aromatic amines is 1. The third-order valence-corrected chi connectivity index (χ3v) is 6.16. The van der Waals surface area contributed by atoms with Crippen LogP contribution in [0.1, 0.15) is 25.6 Å². The molecule has 0 bridgehead atoms. The van der Waals surface area contributed by atoms with Crippen LogP contribution in [-0.4, -0.2) is 45.5 Å². The minimum absolute atomic E-state index is 0.243. The number of hydrogen-bond acceptors (Lipinski definition) is 5. The van der Waals surface area contributed by atoms with Crippen molar-refractivity contribution in [3.63, 3.8) is 0 Å². The number of furan rings is 1. The fourth-order valence-electron chi connectivity index (χ4n) is 2.96. The molecule has 1 saturated carbocycles. The van der Waals surface area contributed by atoms with Crippen LogP contribution in [0.25, 0.3) is 11.6 Å². The van der Waals surface area contributed by atoms with Gasteiger partial charge in [-0.25, -0.2) is 4.98 Å². The molecule has 0 unspecified atom stereocenters. The van der Waals surface area contributed by atoms with Gasteiger partial charge in [-0.2, -0.15) is 5.10 Å². The minimum atomic E-state index is 0.243. The van der Waals surface area contributed by atoms with Crippen LogP contribution < -0.4 is 10.6 Å². The summed E-state index contributed by atoms with van der Waals surface area (Å²) in [5, 5.41) is 13.9. The molecule has 8 heteroatoms. The first-order valence-electron chi connectivity index (χ1n) is 9.98. The summed E-state index contributed by atoms with van der Waals surface area (Å²) < 4.78 is 5.57. The quantitative estimate of drug-likeness (QED) is 0.369. The van der Waals surface area contributed by atoms with E-state index in [0.717, 1.165) is 37.8 Å². The maximum atomic E-state index is 5.33. The number of H-pyrrole nitrogens is 1. The predicted molar refractivity (Wildman–Crippen MR) is 116 cm³/mol. The molecule has 0 spiro atoms. The van der Waals surface area contributed by atoms with Crippen molar-refractivity contribution in [2.45, 2.75) is 35.8 Å². The van der Waals surface area contributed by atoms with Crippen LogP contribution in [0.3, 0.4) is 0 Å². The lowest BCUT2D eigenvalue weighted by Crippen LogP contribution is -2.39. The zero-order chi connectivity index (χ0) is 19.9. The molecule has 1 aliphatic carbocycles. The number of thioether (sulfide) groups is 1. The Morgan fingerprint density at radius 1 is 1.21 bits per heavy atom. The molecule has 1 aliphatic rings. The van der Waals surface area contributed by atoms with E-state index in [0.29, 0.717) is 11.6 Å². The Bertz CT molecular complexity index is 918. The topological polar surface area (TPSA) is 91.1 Å². The van der Waals surface area contributed by atoms with Gasteiger partial charge in [-0.3, -0.25) is 10.1 Å². The van der Waals surface area contributed by atoms with E-state index in [1.165, 1.54) is 17.7 Å². The summed E-state index contributed by atoms with van der Waals surface area (Å²) in [5.74, 6) is 2.91. The molecular formula is C21H26N6OS. The van der Waals surface area contributed by atoms with E-state index < -0.39 is 0 Å². The van der Waals surface area contributed by atoms with Gasteiger partial charge in [0.05, 0.1) is 12.8 Å². The van der Waals surface area contributed by atoms with E-state index in [-0.39, 0.29) is 4.75 Å². The molecule has 152 valence electrons. The summed E-state index contributed by atoms with van der Waals surface area (Å²) in [5.41, 5.74) is 0. The molecule has 2 heterocycles. The van der Waals surface area contributed by atoms with Crippen LogP contribution in [-0.2, 0) is 6.42 Å². The fraction of sp³-hybridized carbons (Fsp3) is 0.381. The highest BCUT2D eigenvalue weighted by Gasteiger charge is 2.43. The highest BCUT2D eigenvalue weighted by atomic mass is 32.2. The number of guanidine groups is 1. The average Bonchev–Trinajstić information content (AvgIpc) is 3.13. The van der Waals surface area contributed by atoms with E-state index in [4.69, 9.17) is 9.41 Å². The van der Waals surface area contributed by atoms with Crippen LogP contribution in [0.15, 0.2) is 63.0 Å². The fourth-order valence-corrected chi connectivity index (χ4v) is 4.19. The van der Waals surface area contributed by atoms with Crippen molar-refractivity contribution in [2.75, 3.05) is 19.6 Å². The van der Waals surface area contributed by atoms with Crippen molar-refractivity contribution in [3.8, 4) is 11.6 Å². The Kier molecular flexibility index (Phi) is 6.19. The number of aromatic nitrogens is 3. The second kappa shape index (κ2) is 9.17. The standard InChI is InChI=1S/C21H26N6OS/c1-2-22-20(24-15-21(11-12-21)29-16-7-4-3-5-8-16)23-13-10-18-25-19(27-26-18)17-9-6-14-28-17/h3-9,14H,2,10-13,15H2,1H3,(H2,22,23,24)(H,25,26,27). The van der Waals surface area contributed by atoms with Gasteiger partial charge in [0.1, 0.15) is 5.82 Å². The molecule has 7 nitrogen and oxygen atoms in total. The molecule has 3 aromatic rings. The van der Waals surface area contributed by atoms with Gasteiger partial charge in [-0.1, -0.05) is 18.2 Å². The highest BCUT2D eigenvalue weighted by Crippen LogP contribution is 2.51. The van der Waals surface area contributed by atoms with Gasteiger partial charge >= 0.3 is 0 Å². The Balaban J connectivity index is 1.29. The zero-order valence-electron chi connectivity index (χ0n) is 16.5. The first-order chi connectivity index (χ1) is 14.3. The number of nitrogens with zero attached hydrogens (tertiary/aromatic N) is 3. The van der Waals surface area contributed by atoms with Crippen molar-refractivity contribution >= 4 is 17.7 Å². The molecule has 1 aromatic carbocycles. The molecule has 0 radical (unpaired) electrons. The monoisotopic (exact) mass is 410 g/mol. The van der Waals surface area contributed by atoms with Gasteiger partial charge < -0.3 is 15.1 Å². The molecule has 29 heavy (non-hydrogen) atoms. The summed E-state index contributed by atoms with van der Waals surface area (Å²) in [7, 11) is 0. The zero-order valence-corrected chi connectivity index (χ0v) is 17.3. The van der Waals surface area contributed by atoms with Crippen molar-refractivity contribution in [3.05, 3.63) is 54.6 Å². The molecule has 1 fully saturated rings. The molecule has 2 aromatic heterocycles. The Morgan fingerprint density at radius 3 is 2.79 bits per heavy atom. The van der Waals surface area contributed by atoms with Crippen LogP contribution in [0.4, 0.5) is 0 Å². The first-order valence-corrected chi connectivity index (χ1v) is 10.8. The van der Waals surface area contributed by atoms with Gasteiger partial charge in [0.2, 0.25) is 5.82 Å². The summed E-state index contributed by atoms with van der Waals surface area (Å²) in [6, 6.07) is 14.3. The van der Waals surface area contributed by atoms with E-state index in [2.05, 4.69) is 63.1 Å². The molecule has 0 saturated heterocycles. The van der Waals surface area contributed by atoms with E-state index >= 15 is 0 Å². The van der Waals surface area contributed by atoms with Crippen molar-refractivity contribution in [1.29, 1.82) is 0 Å². The van der Waals surface area contributed by atoms with E-state index in [9.17, 15) is 0 Å². The van der Waals surface area contributed by atoms with Gasteiger partial charge in [0, 0.05) is 29.2 Å². The lowest BCUT2D eigenvalue weighted by molar-refractivity contribution is 0.577. The van der Waals surface area contributed by atoms with E-state index in [1.54, 1.807) is 6.26 Å². The Hall–Kier alpha value is -2.74. The molecular weight excluding hydrogens is 384 g/mol. The van der Waals surface area contributed by atoms with Gasteiger partial charge in [-0.05, 0) is 44.0 Å². The van der Waals surface area contributed by atoms with Crippen LogP contribution in [0.5, 0.6) is 0 Å². The van der Waals surface area contributed by atoms with Crippen molar-refractivity contribution in [2.24, 2.45) is 4.99 Å². The maximum absolute atomic E-state index is 5.33. The van der Waals surface area contributed by atoms with Crippen LogP contribution in [0.2, 0.25) is 0 Å². The number of rotatable bonds is 9. The highest BCUT2D eigenvalue weighted by molar-refractivity contribution is 8.01. The smallest absolute Gasteiger partial charge is 0.216 e. The largest absolute Gasteiger partial charge is 0.461 e. The second-order valence-electron chi connectivity index (χ2n) is 7.05. The first kappa shape index (κ1) is 19.6. The number of nitrogens with one attached hydrogen (secondary N) is 3. The summed E-state index contributed by atoms with van der Waals surface area (Å²) in [6.07, 6.45) is 4.77. The van der Waals surface area contributed by atoms with Crippen molar-refractivity contribution in [1.82, 2.24) is 25.8 Å². The third-order valence-electron chi connectivity index (χ3n) is 4.68. The van der Waals surface area contributed by atoms with E-state index in [1.807, 2.05) is 23.9 Å². The molecule has 0 aliphatic heterocycles. The van der Waals surface area contributed by atoms with Gasteiger partial charge in [-0.15, -0.1) is 11.8 Å². The number of benzene rings is 1. The summed E-state index contributed by atoms with van der Waals surface area (Å²) in [4.78, 5) is 10.6. The lowest BCUT2D eigenvalue weighted by Gasteiger charge is -2.15. The normalized spacial score (nSPS) is 15.3. The van der Waals surface area contributed by atoms with Crippen molar-refractivity contribution < 1.29 is 4.42 Å². The molecule has 4 rings (SSSR count). The van der Waals surface area contributed by atoms with Crippen LogP contribution in [0, 0.1) is 0 Å². The maximum Gasteiger partial charge on any atom is 0.216 e. The second-order valence-corrected chi connectivity index (χ2v) is 8.59. The van der Waals surface area contributed by atoms with Crippen LogP contribution >= 0.6 is 11.8 Å². The average molecular weight is 411 g/mol. The minimum Gasteiger partial charge on any atom is -0.461 e. The Labute approximate surface area is 174 Å². The number of aliphatic imine (C=N–C) groups is 1. The lowest BCUT2D eigenvalue weighted by atomic mass is 10.4. The Morgan fingerprint density at radius 2 is 2.07 bits per heavy atom. The van der Waals surface area contributed by atoms with Gasteiger partial charge in [0.15, 0.2) is 11.7 Å². The SMILES string of the molecule is CCNC(=NCC1(Sc2ccccc2)CC1)NCCc1nc(-c2ccco2)n[nH]1. The van der Waals surface area contributed by atoms with Gasteiger partial charge in [0.25, 0.3) is 0 Å². The summed E-state index contributed by atoms with van der Waals surface area (Å²) >= 11 is 1.94.